The Balaban J connectivity index is 1.09. The summed E-state index contributed by atoms with van der Waals surface area (Å²) in [5.41, 5.74) is 7.04. The van der Waals surface area contributed by atoms with Crippen LogP contribution in [-0.4, -0.2) is 73.1 Å². The van der Waals surface area contributed by atoms with Gasteiger partial charge in [-0.25, -0.2) is 5.01 Å². The summed E-state index contributed by atoms with van der Waals surface area (Å²) in [5.74, 6) is 2.20. The van der Waals surface area contributed by atoms with E-state index in [-0.39, 0.29) is 24.2 Å². The van der Waals surface area contributed by atoms with E-state index in [1.165, 1.54) is 25.8 Å². The third-order valence-electron chi connectivity index (χ3n) is 7.77. The van der Waals surface area contributed by atoms with E-state index in [4.69, 9.17) is 9.57 Å². The van der Waals surface area contributed by atoms with Crippen LogP contribution in [0.4, 0.5) is 0 Å². The van der Waals surface area contributed by atoms with Gasteiger partial charge in [-0.15, -0.1) is 0 Å². The van der Waals surface area contributed by atoms with Crippen LogP contribution in [0.1, 0.15) is 46.0 Å². The zero-order valence-electron chi connectivity index (χ0n) is 17.8. The minimum absolute atomic E-state index is 0.0917. The summed E-state index contributed by atoms with van der Waals surface area (Å²) in [6.07, 6.45) is 6.04. The first kappa shape index (κ1) is 20.2. The van der Waals surface area contributed by atoms with Gasteiger partial charge in [0, 0.05) is 37.5 Å². The maximum Gasteiger partial charge on any atom is 0.225 e. The van der Waals surface area contributed by atoms with E-state index in [1.54, 1.807) is 0 Å². The molecular weight excluding hydrogens is 370 g/mol. The maximum absolute atomic E-state index is 12.2. The average Bonchev–Trinajstić information content (AvgIpc) is 3.32. The molecule has 29 heavy (non-hydrogen) atoms. The van der Waals surface area contributed by atoms with Crippen molar-refractivity contribution in [1.29, 1.82) is 0 Å². The number of hydrogen-bond acceptors (Lipinski definition) is 7. The van der Waals surface area contributed by atoms with Gasteiger partial charge < -0.3 is 9.64 Å². The van der Waals surface area contributed by atoms with Gasteiger partial charge in [-0.05, 0) is 43.9 Å². The van der Waals surface area contributed by atoms with E-state index in [0.29, 0.717) is 23.9 Å². The Kier molecular flexibility index (Phi) is 5.84. The lowest BCUT2D eigenvalue weighted by molar-refractivity contribution is -0.136. The van der Waals surface area contributed by atoms with Crippen molar-refractivity contribution in [2.75, 3.05) is 32.8 Å². The minimum Gasteiger partial charge on any atom is -0.378 e. The topological polar surface area (TPSA) is 78.1 Å². The first-order chi connectivity index (χ1) is 14.1. The number of amides is 1. The van der Waals surface area contributed by atoms with Gasteiger partial charge in [0.1, 0.15) is 6.23 Å². The first-order valence-electron chi connectivity index (χ1n) is 11.6. The molecule has 1 saturated carbocycles. The highest BCUT2D eigenvalue weighted by molar-refractivity contribution is 5.78. The van der Waals surface area contributed by atoms with Crippen LogP contribution >= 0.6 is 0 Å². The molecule has 5 unspecified atom stereocenters. The van der Waals surface area contributed by atoms with Gasteiger partial charge in [0.15, 0.2) is 0 Å². The lowest BCUT2D eigenvalue weighted by Crippen LogP contribution is -2.53. The fraction of sp³-hybridized carbons (Fsp3) is 0.952. The van der Waals surface area contributed by atoms with Crippen LogP contribution < -0.4 is 16.2 Å². The Morgan fingerprint density at radius 2 is 1.79 bits per heavy atom. The third-order valence-corrected chi connectivity index (χ3v) is 7.77. The molecule has 0 aromatic rings. The number of ether oxygens (including phenoxy) is 1. The number of rotatable bonds is 4. The molecule has 5 aliphatic rings. The van der Waals surface area contributed by atoms with Crippen molar-refractivity contribution < 1.29 is 14.4 Å². The van der Waals surface area contributed by atoms with Crippen LogP contribution in [0, 0.1) is 23.7 Å². The minimum atomic E-state index is 0.0917. The van der Waals surface area contributed by atoms with Gasteiger partial charge in [-0.2, -0.15) is 5.48 Å². The van der Waals surface area contributed by atoms with Gasteiger partial charge >= 0.3 is 0 Å². The number of carbonyl (C=O) groups excluding carboxylic acids is 1. The molecule has 4 saturated heterocycles. The molecule has 8 heteroatoms. The number of carbonyl (C=O) groups is 1. The zero-order chi connectivity index (χ0) is 20.0. The normalized spacial score (nSPS) is 39.7. The van der Waals surface area contributed by atoms with Crippen molar-refractivity contribution in [1.82, 2.24) is 26.1 Å². The summed E-state index contributed by atoms with van der Waals surface area (Å²) in [6.45, 7) is 8.61. The molecule has 5 atom stereocenters. The number of hydrazine groups is 1. The van der Waals surface area contributed by atoms with Crippen molar-refractivity contribution in [3.63, 3.8) is 0 Å². The highest BCUT2D eigenvalue weighted by atomic mass is 16.7. The smallest absolute Gasteiger partial charge is 0.225 e. The Morgan fingerprint density at radius 1 is 1.03 bits per heavy atom. The molecule has 164 valence electrons. The van der Waals surface area contributed by atoms with Crippen molar-refractivity contribution >= 4 is 5.91 Å². The fourth-order valence-corrected chi connectivity index (χ4v) is 5.77. The Morgan fingerprint density at radius 3 is 2.48 bits per heavy atom. The predicted octanol–water partition coefficient (Wildman–Crippen LogP) is 0.662. The van der Waals surface area contributed by atoms with Gasteiger partial charge in [0.2, 0.25) is 5.91 Å². The second-order valence-corrected chi connectivity index (χ2v) is 10.0. The molecule has 4 aliphatic heterocycles. The highest BCUT2D eigenvalue weighted by Crippen LogP contribution is 2.37. The molecule has 4 heterocycles. The van der Waals surface area contributed by atoms with Crippen LogP contribution in [0.3, 0.4) is 0 Å². The SMILES string of the molecule is CC(C)C(=O)N1CCC(C2NOC(C3CCC4CN(C5COC5)NC4C3)N2)CC1. The fourth-order valence-electron chi connectivity index (χ4n) is 5.77. The summed E-state index contributed by atoms with van der Waals surface area (Å²) >= 11 is 0. The number of piperidine rings is 1. The largest absolute Gasteiger partial charge is 0.378 e. The molecular formula is C21H37N5O3. The summed E-state index contributed by atoms with van der Waals surface area (Å²) in [6, 6.07) is 1.14. The molecule has 0 aromatic carbocycles. The monoisotopic (exact) mass is 407 g/mol. The summed E-state index contributed by atoms with van der Waals surface area (Å²) in [7, 11) is 0. The van der Waals surface area contributed by atoms with E-state index in [1.807, 2.05) is 18.7 Å². The van der Waals surface area contributed by atoms with E-state index in [9.17, 15) is 4.79 Å². The van der Waals surface area contributed by atoms with Crippen LogP contribution in [0.25, 0.3) is 0 Å². The number of nitrogens with zero attached hydrogens (tertiary/aromatic N) is 2. The number of likely N-dealkylation sites (tertiary alicyclic amines) is 1. The standard InChI is InChI=1S/C21H37N5O3/c1-13(2)21(27)25-7-5-14(6-8-25)19-22-20(29-24-19)15-3-4-16-10-26(17-11-28-12-17)23-18(16)9-15/h13-20,22-24H,3-12H2,1-2H3. The molecule has 1 aliphatic carbocycles. The Hall–Kier alpha value is -0.770. The summed E-state index contributed by atoms with van der Waals surface area (Å²) < 4.78 is 5.36. The van der Waals surface area contributed by atoms with E-state index < -0.39 is 0 Å². The molecule has 0 spiro atoms. The third kappa shape index (κ3) is 4.07. The second-order valence-electron chi connectivity index (χ2n) is 10.0. The summed E-state index contributed by atoms with van der Waals surface area (Å²) in [5, 5.41) is 6.16. The van der Waals surface area contributed by atoms with Crippen molar-refractivity contribution in [2.24, 2.45) is 23.7 Å². The number of hydroxylamine groups is 1. The van der Waals surface area contributed by atoms with Crippen molar-refractivity contribution in [3.05, 3.63) is 0 Å². The number of hydrogen-bond donors (Lipinski definition) is 3. The van der Waals surface area contributed by atoms with Gasteiger partial charge in [-0.1, -0.05) is 13.8 Å². The molecule has 8 nitrogen and oxygen atoms in total. The molecule has 5 fully saturated rings. The molecule has 5 rings (SSSR count). The van der Waals surface area contributed by atoms with E-state index in [0.717, 1.165) is 45.1 Å². The zero-order valence-corrected chi connectivity index (χ0v) is 17.8. The Labute approximate surface area is 173 Å². The van der Waals surface area contributed by atoms with E-state index in [2.05, 4.69) is 21.2 Å². The maximum atomic E-state index is 12.2. The quantitative estimate of drug-likeness (QED) is 0.632. The van der Waals surface area contributed by atoms with Crippen LogP contribution in [0.2, 0.25) is 0 Å². The van der Waals surface area contributed by atoms with Crippen LogP contribution in [0.5, 0.6) is 0 Å². The molecule has 0 aromatic heterocycles. The lowest BCUT2D eigenvalue weighted by atomic mass is 9.78. The Bertz CT molecular complexity index is 593. The van der Waals surface area contributed by atoms with Crippen molar-refractivity contribution in [3.8, 4) is 0 Å². The molecule has 0 radical (unpaired) electrons. The van der Waals surface area contributed by atoms with Crippen molar-refractivity contribution in [2.45, 2.75) is 70.4 Å². The number of fused-ring (bicyclic) bond motifs is 1. The molecule has 0 bridgehead atoms. The molecule has 1 amide bonds. The highest BCUT2D eigenvalue weighted by Gasteiger charge is 2.45. The number of nitrogens with one attached hydrogen (secondary N) is 3. The van der Waals surface area contributed by atoms with Crippen LogP contribution in [-0.2, 0) is 14.4 Å². The van der Waals surface area contributed by atoms with Crippen LogP contribution in [0.15, 0.2) is 0 Å². The summed E-state index contributed by atoms with van der Waals surface area (Å²) in [4.78, 5) is 20.3. The van der Waals surface area contributed by atoms with Gasteiger partial charge in [0.25, 0.3) is 0 Å². The lowest BCUT2D eigenvalue weighted by Gasteiger charge is -2.36. The predicted molar refractivity (Wildman–Crippen MR) is 108 cm³/mol. The molecule has 3 N–H and O–H groups in total. The average molecular weight is 408 g/mol. The first-order valence-corrected chi connectivity index (χ1v) is 11.6. The van der Waals surface area contributed by atoms with Gasteiger partial charge in [-0.3, -0.25) is 20.4 Å². The van der Waals surface area contributed by atoms with E-state index >= 15 is 0 Å². The van der Waals surface area contributed by atoms with Gasteiger partial charge in [0.05, 0.1) is 25.4 Å². The second kappa shape index (κ2) is 8.40.